The summed E-state index contributed by atoms with van der Waals surface area (Å²) in [5.74, 6) is -1.49. The van der Waals surface area contributed by atoms with Gasteiger partial charge in [0.1, 0.15) is 4.90 Å². The summed E-state index contributed by atoms with van der Waals surface area (Å²) >= 11 is 6.13. The van der Waals surface area contributed by atoms with Crippen molar-refractivity contribution in [2.24, 2.45) is 5.92 Å². The third-order valence-electron chi connectivity index (χ3n) is 4.92. The van der Waals surface area contributed by atoms with E-state index in [0.29, 0.717) is 26.1 Å². The molecule has 1 aliphatic heterocycles. The van der Waals surface area contributed by atoms with Crippen LogP contribution in [0.3, 0.4) is 0 Å². The molecule has 1 aliphatic rings. The predicted octanol–water partition coefficient (Wildman–Crippen LogP) is 2.38. The van der Waals surface area contributed by atoms with E-state index in [-0.39, 0.29) is 40.3 Å². The average Bonchev–Trinajstić information content (AvgIpc) is 2.75. The minimum Gasteiger partial charge on any atom is -0.466 e. The first kappa shape index (κ1) is 26.1. The van der Waals surface area contributed by atoms with Crippen LogP contribution in [0.2, 0.25) is 5.02 Å². The third-order valence-corrected chi connectivity index (χ3v) is 7.27. The molecule has 0 aromatic heterocycles. The van der Waals surface area contributed by atoms with Crippen molar-refractivity contribution in [3.63, 3.8) is 0 Å². The first-order valence-corrected chi connectivity index (χ1v) is 12.4. The summed E-state index contributed by atoms with van der Waals surface area (Å²) in [6.45, 7) is 4.48. The van der Waals surface area contributed by atoms with Crippen molar-refractivity contribution >= 4 is 39.5 Å². The topological polar surface area (TPSA) is 119 Å². The Morgan fingerprint density at radius 3 is 2.69 bits per heavy atom. The average molecular weight is 489 g/mol. The van der Waals surface area contributed by atoms with Crippen molar-refractivity contribution in [2.45, 2.75) is 44.4 Å². The third kappa shape index (κ3) is 7.46. The first-order chi connectivity index (χ1) is 15.1. The number of halogens is 1. The van der Waals surface area contributed by atoms with Crippen molar-refractivity contribution in [1.29, 1.82) is 0 Å². The van der Waals surface area contributed by atoms with Gasteiger partial charge < -0.3 is 14.8 Å². The summed E-state index contributed by atoms with van der Waals surface area (Å²) in [5.41, 5.74) is -0.0202. The molecule has 1 aromatic rings. The van der Waals surface area contributed by atoms with E-state index < -0.39 is 28.5 Å². The lowest BCUT2D eigenvalue weighted by Crippen LogP contribution is -2.39. The highest BCUT2D eigenvalue weighted by molar-refractivity contribution is 7.89. The molecule has 0 spiro atoms. The van der Waals surface area contributed by atoms with Gasteiger partial charge in [-0.25, -0.2) is 13.2 Å². The maximum atomic E-state index is 13.0. The smallest absolute Gasteiger partial charge is 0.338 e. The quantitative estimate of drug-likeness (QED) is 0.396. The molecule has 1 unspecified atom stereocenters. The van der Waals surface area contributed by atoms with Crippen molar-refractivity contribution in [3.05, 3.63) is 28.8 Å². The van der Waals surface area contributed by atoms with Gasteiger partial charge in [0.25, 0.3) is 5.91 Å². The molecule has 0 bridgehead atoms. The standard InChI is InChI=1S/C21H29ClN2O7S/c1-3-30-20(26)7-4-10-23-19(25)14-31-21(27)16-8-9-17(22)18(12-16)32(28,29)24-11-5-6-15(2)13-24/h8-9,12,15H,3-7,10-11,13-14H2,1-2H3,(H,23,25). The van der Waals surface area contributed by atoms with Gasteiger partial charge in [0, 0.05) is 26.1 Å². The SMILES string of the molecule is CCOC(=O)CCCNC(=O)COC(=O)c1ccc(Cl)c(S(=O)(=O)N2CCCC(C)C2)c1. The van der Waals surface area contributed by atoms with Crippen LogP contribution in [-0.2, 0) is 29.1 Å². The Morgan fingerprint density at radius 1 is 1.25 bits per heavy atom. The largest absolute Gasteiger partial charge is 0.466 e. The lowest BCUT2D eigenvalue weighted by molar-refractivity contribution is -0.143. The van der Waals surface area contributed by atoms with E-state index in [2.05, 4.69) is 5.32 Å². The molecular weight excluding hydrogens is 460 g/mol. The van der Waals surface area contributed by atoms with Gasteiger partial charge in [0.15, 0.2) is 6.61 Å². The molecule has 0 saturated carbocycles. The fourth-order valence-electron chi connectivity index (χ4n) is 3.29. The van der Waals surface area contributed by atoms with E-state index in [9.17, 15) is 22.8 Å². The fraction of sp³-hybridized carbons (Fsp3) is 0.571. The van der Waals surface area contributed by atoms with Crippen molar-refractivity contribution in [3.8, 4) is 0 Å². The van der Waals surface area contributed by atoms with Gasteiger partial charge in [-0.3, -0.25) is 9.59 Å². The molecule has 9 nitrogen and oxygen atoms in total. The predicted molar refractivity (Wildman–Crippen MR) is 118 cm³/mol. The van der Waals surface area contributed by atoms with Crippen molar-refractivity contribution in [2.75, 3.05) is 32.8 Å². The van der Waals surface area contributed by atoms with E-state index in [1.807, 2.05) is 6.92 Å². The number of rotatable bonds is 10. The van der Waals surface area contributed by atoms with Gasteiger partial charge >= 0.3 is 11.9 Å². The van der Waals surface area contributed by atoms with Crippen molar-refractivity contribution < 1.29 is 32.3 Å². The van der Waals surface area contributed by atoms with Crippen LogP contribution in [0, 0.1) is 5.92 Å². The minimum absolute atomic E-state index is 0.0131. The summed E-state index contributed by atoms with van der Waals surface area (Å²) in [6.07, 6.45) is 2.28. The summed E-state index contributed by atoms with van der Waals surface area (Å²) in [7, 11) is -3.86. The molecule has 1 saturated heterocycles. The number of amides is 1. The monoisotopic (exact) mass is 488 g/mol. The molecule has 1 heterocycles. The maximum absolute atomic E-state index is 13.0. The lowest BCUT2D eigenvalue weighted by Gasteiger charge is -2.30. The Kier molecular flexibility index (Phi) is 9.92. The van der Waals surface area contributed by atoms with Gasteiger partial charge in [-0.1, -0.05) is 18.5 Å². The zero-order valence-corrected chi connectivity index (χ0v) is 19.8. The second kappa shape index (κ2) is 12.2. The number of hydrogen-bond donors (Lipinski definition) is 1. The number of esters is 2. The number of sulfonamides is 1. The second-order valence-electron chi connectivity index (χ2n) is 7.59. The highest BCUT2D eigenvalue weighted by Crippen LogP contribution is 2.29. The molecule has 1 aromatic carbocycles. The summed E-state index contributed by atoms with van der Waals surface area (Å²) < 4.78 is 37.2. The number of carbonyl (C=O) groups excluding carboxylic acids is 3. The molecule has 11 heteroatoms. The van der Waals surface area contributed by atoms with Crippen LogP contribution in [0.5, 0.6) is 0 Å². The second-order valence-corrected chi connectivity index (χ2v) is 9.90. The van der Waals surface area contributed by atoms with E-state index in [0.717, 1.165) is 12.8 Å². The maximum Gasteiger partial charge on any atom is 0.338 e. The number of piperidine rings is 1. The fourth-order valence-corrected chi connectivity index (χ4v) is 5.39. The first-order valence-electron chi connectivity index (χ1n) is 10.5. The number of hydrogen-bond acceptors (Lipinski definition) is 7. The molecule has 178 valence electrons. The summed E-state index contributed by atoms with van der Waals surface area (Å²) in [5, 5.41) is 2.54. The minimum atomic E-state index is -3.86. The Bertz CT molecular complexity index is 936. The molecular formula is C21H29ClN2O7S. The van der Waals surface area contributed by atoms with Crippen molar-refractivity contribution in [1.82, 2.24) is 9.62 Å². The molecule has 1 amide bonds. The Hall–Kier alpha value is -2.17. The normalized spacial score (nSPS) is 16.9. The highest BCUT2D eigenvalue weighted by Gasteiger charge is 2.31. The number of nitrogens with one attached hydrogen (secondary N) is 1. The molecule has 1 fully saturated rings. The van der Waals surface area contributed by atoms with E-state index >= 15 is 0 Å². The van der Waals surface area contributed by atoms with E-state index in [1.165, 1.54) is 22.5 Å². The van der Waals surface area contributed by atoms with Gasteiger partial charge in [0.05, 0.1) is 17.2 Å². The number of benzene rings is 1. The van der Waals surface area contributed by atoms with Crippen LogP contribution < -0.4 is 5.32 Å². The molecule has 1 atom stereocenters. The Labute approximate surface area is 193 Å². The van der Waals surface area contributed by atoms with Crippen LogP contribution in [0.4, 0.5) is 0 Å². The summed E-state index contributed by atoms with van der Waals surface area (Å²) in [4.78, 5) is 35.3. The van der Waals surface area contributed by atoms with Crippen LogP contribution in [0.25, 0.3) is 0 Å². The van der Waals surface area contributed by atoms with Gasteiger partial charge in [0.2, 0.25) is 10.0 Å². The van der Waals surface area contributed by atoms with E-state index in [1.54, 1.807) is 6.92 Å². The number of ether oxygens (including phenoxy) is 2. The Balaban J connectivity index is 1.93. The molecule has 1 N–H and O–H groups in total. The van der Waals surface area contributed by atoms with Crippen LogP contribution in [0.15, 0.2) is 23.1 Å². The zero-order valence-electron chi connectivity index (χ0n) is 18.3. The van der Waals surface area contributed by atoms with E-state index in [4.69, 9.17) is 21.1 Å². The van der Waals surface area contributed by atoms with Gasteiger partial charge in [-0.15, -0.1) is 0 Å². The number of carbonyl (C=O) groups is 3. The van der Waals surface area contributed by atoms with Gasteiger partial charge in [-0.2, -0.15) is 4.31 Å². The van der Waals surface area contributed by atoms with Crippen LogP contribution in [0.1, 0.15) is 49.9 Å². The van der Waals surface area contributed by atoms with Gasteiger partial charge in [-0.05, 0) is 50.3 Å². The van der Waals surface area contributed by atoms with Crippen LogP contribution >= 0.6 is 11.6 Å². The molecule has 0 radical (unpaired) electrons. The Morgan fingerprint density at radius 2 is 2.00 bits per heavy atom. The molecule has 32 heavy (non-hydrogen) atoms. The highest BCUT2D eigenvalue weighted by atomic mass is 35.5. The zero-order chi connectivity index (χ0) is 23.7. The molecule has 2 rings (SSSR count). The van der Waals surface area contributed by atoms with Crippen LogP contribution in [-0.4, -0.2) is 63.4 Å². The number of nitrogens with zero attached hydrogens (tertiary/aromatic N) is 1. The summed E-state index contributed by atoms with van der Waals surface area (Å²) in [6, 6.07) is 3.85. The molecule has 0 aliphatic carbocycles. The lowest BCUT2D eigenvalue weighted by atomic mass is 10.0.